The minimum absolute atomic E-state index is 0.0122. The van der Waals surface area contributed by atoms with E-state index in [-0.39, 0.29) is 17.3 Å². The summed E-state index contributed by atoms with van der Waals surface area (Å²) in [5.41, 5.74) is 0.0122. The summed E-state index contributed by atoms with van der Waals surface area (Å²) in [7, 11) is 0. The zero-order valence-corrected chi connectivity index (χ0v) is 7.87. The van der Waals surface area contributed by atoms with Crippen LogP contribution in [-0.4, -0.2) is 11.1 Å². The van der Waals surface area contributed by atoms with E-state index in [1.165, 1.54) is 0 Å². The molecule has 0 saturated heterocycles. The van der Waals surface area contributed by atoms with Crippen molar-refractivity contribution in [3.05, 3.63) is 12.2 Å². The lowest BCUT2D eigenvalue weighted by atomic mass is 10.0. The van der Waals surface area contributed by atoms with Gasteiger partial charge in [0.2, 0.25) is 0 Å². The summed E-state index contributed by atoms with van der Waals surface area (Å²) in [6, 6.07) is 0. The Labute approximate surface area is 73.3 Å². The van der Waals surface area contributed by atoms with E-state index in [0.717, 1.165) is 6.42 Å². The molecule has 0 aliphatic heterocycles. The van der Waals surface area contributed by atoms with Crippen LogP contribution in [0.3, 0.4) is 0 Å². The van der Waals surface area contributed by atoms with E-state index >= 15 is 0 Å². The van der Waals surface area contributed by atoms with E-state index in [1.54, 1.807) is 0 Å². The van der Waals surface area contributed by atoms with Gasteiger partial charge in [-0.3, -0.25) is 4.79 Å². The summed E-state index contributed by atoms with van der Waals surface area (Å²) >= 11 is 0. The molecule has 1 saturated carbocycles. The van der Waals surface area contributed by atoms with Gasteiger partial charge in [0.1, 0.15) is 0 Å². The summed E-state index contributed by atoms with van der Waals surface area (Å²) in [4.78, 5) is 10.8. The van der Waals surface area contributed by atoms with Crippen LogP contribution in [0.2, 0.25) is 0 Å². The van der Waals surface area contributed by atoms with Gasteiger partial charge in [-0.15, -0.1) is 0 Å². The highest BCUT2D eigenvalue weighted by Crippen LogP contribution is 2.61. The van der Waals surface area contributed by atoms with Crippen LogP contribution in [0, 0.1) is 17.3 Å². The summed E-state index contributed by atoms with van der Waals surface area (Å²) in [5, 5.41) is 8.88. The van der Waals surface area contributed by atoms with Crippen LogP contribution < -0.4 is 0 Å². The molecule has 0 amide bonds. The molecule has 1 N–H and O–H groups in total. The van der Waals surface area contributed by atoms with Gasteiger partial charge >= 0.3 is 5.97 Å². The second-order valence-corrected chi connectivity index (χ2v) is 3.73. The van der Waals surface area contributed by atoms with E-state index < -0.39 is 5.97 Å². The molecule has 2 heteroatoms. The molecule has 3 atom stereocenters. The van der Waals surface area contributed by atoms with Gasteiger partial charge < -0.3 is 5.11 Å². The third kappa shape index (κ3) is 1.15. The lowest BCUT2D eigenvalue weighted by molar-refractivity contribution is -0.139. The Morgan fingerprint density at radius 1 is 1.67 bits per heavy atom. The molecule has 12 heavy (non-hydrogen) atoms. The highest BCUT2D eigenvalue weighted by Gasteiger charge is 2.62. The number of allylic oxidation sites excluding steroid dienone is 2. The Bertz CT molecular complexity index is 220. The lowest BCUT2D eigenvalue weighted by Crippen LogP contribution is -2.05. The number of aliphatic carboxylic acids is 1. The fourth-order valence-electron chi connectivity index (χ4n) is 2.03. The van der Waals surface area contributed by atoms with Crippen LogP contribution in [0.5, 0.6) is 0 Å². The number of hydrogen-bond acceptors (Lipinski definition) is 1. The molecule has 0 radical (unpaired) electrons. The quantitative estimate of drug-likeness (QED) is 0.656. The van der Waals surface area contributed by atoms with Crippen molar-refractivity contribution in [2.24, 2.45) is 17.3 Å². The predicted octanol–water partition coefficient (Wildman–Crippen LogP) is 2.31. The van der Waals surface area contributed by atoms with Crippen molar-refractivity contribution in [1.29, 1.82) is 0 Å². The first-order valence-corrected chi connectivity index (χ1v) is 4.43. The number of carbonyl (C=O) groups is 1. The Morgan fingerprint density at radius 2 is 2.25 bits per heavy atom. The molecule has 0 spiro atoms. The van der Waals surface area contributed by atoms with E-state index in [2.05, 4.69) is 13.8 Å². The average molecular weight is 168 g/mol. The Kier molecular flexibility index (Phi) is 2.27. The molecule has 68 valence electrons. The van der Waals surface area contributed by atoms with Crippen LogP contribution in [-0.2, 0) is 4.79 Å². The van der Waals surface area contributed by atoms with E-state index in [0.29, 0.717) is 0 Å². The van der Waals surface area contributed by atoms with Crippen molar-refractivity contribution in [2.45, 2.75) is 27.2 Å². The Balaban J connectivity index is 2.73. The molecular formula is C10H16O2. The fraction of sp³-hybridized carbons (Fsp3) is 0.700. The zero-order valence-electron chi connectivity index (χ0n) is 7.87. The molecule has 0 aromatic heterocycles. The maximum Gasteiger partial charge on any atom is 0.307 e. The van der Waals surface area contributed by atoms with Crippen molar-refractivity contribution < 1.29 is 9.90 Å². The first-order chi connectivity index (χ1) is 5.57. The molecule has 0 aromatic rings. The minimum atomic E-state index is -0.651. The van der Waals surface area contributed by atoms with Crippen molar-refractivity contribution in [3.63, 3.8) is 0 Å². The van der Waals surface area contributed by atoms with Crippen LogP contribution >= 0.6 is 0 Å². The summed E-state index contributed by atoms with van der Waals surface area (Å²) in [5.74, 6) is -0.550. The fourth-order valence-corrected chi connectivity index (χ4v) is 2.03. The van der Waals surface area contributed by atoms with Gasteiger partial charge in [-0.2, -0.15) is 0 Å². The van der Waals surface area contributed by atoms with Crippen LogP contribution in [0.25, 0.3) is 0 Å². The van der Waals surface area contributed by atoms with Gasteiger partial charge in [0.05, 0.1) is 5.92 Å². The number of hydrogen-bond donors (Lipinski definition) is 1. The standard InChI is InChI=1S/C10H16O2/c1-4-6-7-8(9(11)12)10(7,3)5-2/h4,6-8H,5H2,1-3H3,(H,11,12)/b6-4-. The van der Waals surface area contributed by atoms with Gasteiger partial charge in [0.25, 0.3) is 0 Å². The Morgan fingerprint density at radius 3 is 2.50 bits per heavy atom. The number of carboxylic acids is 1. The largest absolute Gasteiger partial charge is 0.481 e. The second kappa shape index (κ2) is 2.92. The van der Waals surface area contributed by atoms with E-state index in [4.69, 9.17) is 5.11 Å². The molecule has 1 rings (SSSR count). The zero-order chi connectivity index (χ0) is 9.35. The third-order valence-corrected chi connectivity index (χ3v) is 3.15. The molecule has 2 nitrogen and oxygen atoms in total. The molecule has 0 bridgehead atoms. The predicted molar refractivity (Wildman–Crippen MR) is 47.8 cm³/mol. The molecule has 0 aromatic carbocycles. The van der Waals surface area contributed by atoms with Crippen molar-refractivity contribution >= 4 is 5.97 Å². The highest BCUT2D eigenvalue weighted by atomic mass is 16.4. The summed E-state index contributed by atoms with van der Waals surface area (Å²) < 4.78 is 0. The maximum atomic E-state index is 10.8. The van der Waals surface area contributed by atoms with E-state index in [9.17, 15) is 4.79 Å². The van der Waals surface area contributed by atoms with Gasteiger partial charge in [-0.1, -0.05) is 26.0 Å². The van der Waals surface area contributed by atoms with Crippen molar-refractivity contribution in [3.8, 4) is 0 Å². The van der Waals surface area contributed by atoms with Crippen LogP contribution in [0.4, 0.5) is 0 Å². The smallest absolute Gasteiger partial charge is 0.307 e. The second-order valence-electron chi connectivity index (χ2n) is 3.73. The monoisotopic (exact) mass is 168 g/mol. The maximum absolute atomic E-state index is 10.8. The SMILES string of the molecule is C/C=C\C1C(C(=O)O)C1(C)CC. The number of rotatable bonds is 3. The average Bonchev–Trinajstić information content (AvgIpc) is 2.59. The highest BCUT2D eigenvalue weighted by molar-refractivity contribution is 5.76. The molecular weight excluding hydrogens is 152 g/mol. The lowest BCUT2D eigenvalue weighted by Gasteiger charge is -2.03. The van der Waals surface area contributed by atoms with Gasteiger partial charge in [0, 0.05) is 0 Å². The number of carboxylic acid groups (broad SMARTS) is 1. The molecule has 1 aliphatic rings. The molecule has 1 fully saturated rings. The Hall–Kier alpha value is -0.790. The van der Waals surface area contributed by atoms with Crippen LogP contribution in [0.15, 0.2) is 12.2 Å². The molecule has 0 heterocycles. The van der Waals surface area contributed by atoms with E-state index in [1.807, 2.05) is 19.1 Å². The molecule has 1 aliphatic carbocycles. The van der Waals surface area contributed by atoms with Gasteiger partial charge in [-0.25, -0.2) is 0 Å². The molecule has 3 unspecified atom stereocenters. The first-order valence-electron chi connectivity index (χ1n) is 4.43. The third-order valence-electron chi connectivity index (χ3n) is 3.15. The minimum Gasteiger partial charge on any atom is -0.481 e. The van der Waals surface area contributed by atoms with Crippen molar-refractivity contribution in [2.75, 3.05) is 0 Å². The van der Waals surface area contributed by atoms with Crippen LogP contribution in [0.1, 0.15) is 27.2 Å². The van der Waals surface area contributed by atoms with Crippen molar-refractivity contribution in [1.82, 2.24) is 0 Å². The normalized spacial score (nSPS) is 40.2. The topological polar surface area (TPSA) is 37.3 Å². The van der Waals surface area contributed by atoms with Gasteiger partial charge in [0.15, 0.2) is 0 Å². The van der Waals surface area contributed by atoms with Gasteiger partial charge in [-0.05, 0) is 24.7 Å². The summed E-state index contributed by atoms with van der Waals surface area (Å²) in [6.45, 7) is 6.04. The summed E-state index contributed by atoms with van der Waals surface area (Å²) in [6.07, 6.45) is 4.91. The first kappa shape index (κ1) is 9.30.